The zero-order valence-corrected chi connectivity index (χ0v) is 35.2. The molecule has 11 aromatic carbocycles. The van der Waals surface area contributed by atoms with E-state index in [0.717, 1.165) is 0 Å². The third kappa shape index (κ3) is 6.05. The van der Waals surface area contributed by atoms with Gasteiger partial charge in [0.1, 0.15) is 0 Å². The second kappa shape index (κ2) is 14.3. The molecule has 0 aromatic heterocycles. The zero-order chi connectivity index (χ0) is 40.4. The van der Waals surface area contributed by atoms with E-state index in [-0.39, 0.29) is 0 Å². The second-order valence-electron chi connectivity index (χ2n) is 17.2. The number of fused-ring (bicyclic) bond motifs is 5. The highest BCUT2D eigenvalue weighted by Crippen LogP contribution is 2.46. The number of rotatable bonds is 6. The van der Waals surface area contributed by atoms with Crippen molar-refractivity contribution in [3.05, 3.63) is 212 Å². The van der Waals surface area contributed by atoms with Gasteiger partial charge in [-0.15, -0.1) is 0 Å². The van der Waals surface area contributed by atoms with Crippen molar-refractivity contribution in [1.29, 1.82) is 0 Å². The summed E-state index contributed by atoms with van der Waals surface area (Å²) in [4.78, 5) is 0. The first kappa shape index (κ1) is 36.0. The highest BCUT2D eigenvalue weighted by atomic mass is 28.3. The summed E-state index contributed by atoms with van der Waals surface area (Å²) in [5, 5.41) is 14.2. The quantitative estimate of drug-likeness (QED) is 0.116. The van der Waals surface area contributed by atoms with Gasteiger partial charge in [0.05, 0.1) is 8.07 Å². The SMILES string of the molecule is C[Si](C)(C)c1ccc(-c2c3ccccc3c(-c3ccc(-c4ccc5cc(-c6c7ccccc7c(-c7ccccc7)c7ccccc67)ccc5c4)cc3)c3ccccc23)cc1. The van der Waals surface area contributed by atoms with Crippen LogP contribution in [0.2, 0.25) is 19.6 Å². The van der Waals surface area contributed by atoms with E-state index < -0.39 is 8.07 Å². The summed E-state index contributed by atoms with van der Waals surface area (Å²) in [6, 6.07) is 79.0. The molecule has 0 N–H and O–H groups in total. The summed E-state index contributed by atoms with van der Waals surface area (Å²) in [5.74, 6) is 0. The molecule has 0 atom stereocenters. The van der Waals surface area contributed by atoms with Gasteiger partial charge in [0.2, 0.25) is 0 Å². The summed E-state index contributed by atoms with van der Waals surface area (Å²) in [6.45, 7) is 7.24. The maximum absolute atomic E-state index is 2.41. The molecule has 0 nitrogen and oxygen atoms in total. The summed E-state index contributed by atoms with van der Waals surface area (Å²) in [5.41, 5.74) is 12.6. The standard InChI is InChI=1S/C59H44Si/c1-60(2,3)47-35-33-42(34-36-47)58-50-19-9-7-17-48(50)57(49-18-8-10-20-51(49)58)41-27-25-39(26-28-41)43-29-30-45-38-46(32-31-44(45)37-43)59-54-23-13-11-21-52(54)56(40-15-5-4-6-16-40)53-22-12-14-24-55(53)59/h4-38H,1-3H3. The Bertz CT molecular complexity index is 3310. The monoisotopic (exact) mass is 780 g/mol. The van der Waals surface area contributed by atoms with E-state index in [1.807, 2.05) is 0 Å². The van der Waals surface area contributed by atoms with Crippen LogP contribution in [0.4, 0.5) is 0 Å². The van der Waals surface area contributed by atoms with Crippen molar-refractivity contribution in [2.45, 2.75) is 19.6 Å². The lowest BCUT2D eigenvalue weighted by atomic mass is 9.85. The summed E-state index contributed by atoms with van der Waals surface area (Å²) >= 11 is 0. The minimum absolute atomic E-state index is 1.21. The molecule has 0 aliphatic heterocycles. The molecule has 0 fully saturated rings. The van der Waals surface area contributed by atoms with Gasteiger partial charge >= 0.3 is 0 Å². The van der Waals surface area contributed by atoms with Gasteiger partial charge in [-0.05, 0) is 122 Å². The van der Waals surface area contributed by atoms with Crippen molar-refractivity contribution >= 4 is 67.1 Å². The Hall–Kier alpha value is -7.06. The zero-order valence-electron chi connectivity index (χ0n) is 34.2. The van der Waals surface area contributed by atoms with E-state index in [0.29, 0.717) is 0 Å². The van der Waals surface area contributed by atoms with Gasteiger partial charge in [-0.25, -0.2) is 0 Å². The van der Waals surface area contributed by atoms with Crippen molar-refractivity contribution in [2.75, 3.05) is 0 Å². The number of hydrogen-bond acceptors (Lipinski definition) is 0. The van der Waals surface area contributed by atoms with E-state index >= 15 is 0 Å². The van der Waals surface area contributed by atoms with Gasteiger partial charge in [-0.3, -0.25) is 0 Å². The van der Waals surface area contributed by atoms with E-state index in [2.05, 4.69) is 232 Å². The van der Waals surface area contributed by atoms with Gasteiger partial charge in [0, 0.05) is 0 Å². The molecular formula is C59H44Si. The van der Waals surface area contributed by atoms with Crippen molar-refractivity contribution < 1.29 is 0 Å². The van der Waals surface area contributed by atoms with Crippen LogP contribution in [0.25, 0.3) is 109 Å². The van der Waals surface area contributed by atoms with E-state index in [9.17, 15) is 0 Å². The lowest BCUT2D eigenvalue weighted by Crippen LogP contribution is -2.37. The Morgan fingerprint density at radius 2 is 0.517 bits per heavy atom. The molecule has 0 unspecified atom stereocenters. The largest absolute Gasteiger partial charge is 0.0775 e. The number of hydrogen-bond donors (Lipinski definition) is 0. The van der Waals surface area contributed by atoms with Crippen LogP contribution < -0.4 is 5.19 Å². The lowest BCUT2D eigenvalue weighted by molar-refractivity contribution is 1.62. The van der Waals surface area contributed by atoms with Crippen LogP contribution in [-0.4, -0.2) is 8.07 Å². The number of benzene rings is 11. The molecule has 11 rings (SSSR count). The molecule has 0 bridgehead atoms. The summed E-state index contributed by atoms with van der Waals surface area (Å²) < 4.78 is 0. The first-order valence-corrected chi connectivity index (χ1v) is 24.6. The van der Waals surface area contributed by atoms with Crippen LogP contribution in [0, 0.1) is 0 Å². The molecule has 284 valence electrons. The predicted octanol–water partition coefficient (Wildman–Crippen LogP) is 16.3. The van der Waals surface area contributed by atoms with Gasteiger partial charge in [0.25, 0.3) is 0 Å². The summed E-state index contributed by atoms with van der Waals surface area (Å²) in [7, 11) is -1.40. The van der Waals surface area contributed by atoms with Crippen LogP contribution in [0.1, 0.15) is 0 Å². The fourth-order valence-corrected chi connectivity index (χ4v) is 10.8. The van der Waals surface area contributed by atoms with Gasteiger partial charge in [-0.1, -0.05) is 225 Å². The highest BCUT2D eigenvalue weighted by molar-refractivity contribution is 6.88. The Kier molecular flexibility index (Phi) is 8.62. The Labute approximate surface area is 353 Å². The van der Waals surface area contributed by atoms with E-state index in [4.69, 9.17) is 0 Å². The molecule has 11 aromatic rings. The predicted molar refractivity (Wildman–Crippen MR) is 264 cm³/mol. The average Bonchev–Trinajstić information content (AvgIpc) is 3.29. The van der Waals surface area contributed by atoms with Crippen molar-refractivity contribution in [3.63, 3.8) is 0 Å². The lowest BCUT2D eigenvalue weighted by Gasteiger charge is -2.20. The maximum Gasteiger partial charge on any atom is 0.0775 e. The molecule has 0 aliphatic rings. The van der Waals surface area contributed by atoms with Crippen molar-refractivity contribution in [3.8, 4) is 55.6 Å². The molecule has 0 radical (unpaired) electrons. The summed E-state index contributed by atoms with van der Waals surface area (Å²) in [6.07, 6.45) is 0. The third-order valence-electron chi connectivity index (χ3n) is 12.6. The van der Waals surface area contributed by atoms with Gasteiger partial charge in [0.15, 0.2) is 0 Å². The van der Waals surface area contributed by atoms with Crippen LogP contribution in [-0.2, 0) is 0 Å². The van der Waals surface area contributed by atoms with Crippen LogP contribution in [0.3, 0.4) is 0 Å². The van der Waals surface area contributed by atoms with Gasteiger partial charge in [-0.2, -0.15) is 0 Å². The molecule has 0 amide bonds. The molecule has 0 aliphatic carbocycles. The van der Waals surface area contributed by atoms with Crippen molar-refractivity contribution in [2.24, 2.45) is 0 Å². The fourth-order valence-electron chi connectivity index (χ4n) is 9.65. The van der Waals surface area contributed by atoms with Crippen LogP contribution >= 0.6 is 0 Å². The normalized spacial score (nSPS) is 11.9. The second-order valence-corrected chi connectivity index (χ2v) is 22.3. The Morgan fingerprint density at radius 1 is 0.233 bits per heavy atom. The molecule has 0 spiro atoms. The van der Waals surface area contributed by atoms with Crippen LogP contribution in [0.5, 0.6) is 0 Å². The third-order valence-corrected chi connectivity index (χ3v) is 14.7. The average molecular weight is 781 g/mol. The fraction of sp³-hybridized carbons (Fsp3) is 0.0508. The molecule has 0 heterocycles. The van der Waals surface area contributed by atoms with E-state index in [1.165, 1.54) is 115 Å². The minimum Gasteiger partial charge on any atom is -0.0656 e. The van der Waals surface area contributed by atoms with Crippen LogP contribution in [0.15, 0.2) is 212 Å². The maximum atomic E-state index is 2.41. The molecule has 1 heteroatoms. The topological polar surface area (TPSA) is 0 Å². The molecular weight excluding hydrogens is 737 g/mol. The molecule has 60 heavy (non-hydrogen) atoms. The Morgan fingerprint density at radius 3 is 0.917 bits per heavy atom. The van der Waals surface area contributed by atoms with Gasteiger partial charge < -0.3 is 0 Å². The van der Waals surface area contributed by atoms with E-state index in [1.54, 1.807) is 0 Å². The first-order valence-electron chi connectivity index (χ1n) is 21.1. The highest BCUT2D eigenvalue weighted by Gasteiger charge is 2.20. The molecule has 0 saturated heterocycles. The smallest absolute Gasteiger partial charge is 0.0656 e. The van der Waals surface area contributed by atoms with Crippen molar-refractivity contribution in [1.82, 2.24) is 0 Å². The molecule has 0 saturated carbocycles. The Balaban J connectivity index is 0.981. The first-order chi connectivity index (χ1) is 29.4. The minimum atomic E-state index is -1.40.